The molecule has 152 valence electrons. The second kappa shape index (κ2) is 7.23. The van der Waals surface area contributed by atoms with E-state index in [1.54, 1.807) is 28.6 Å². The second-order valence-electron chi connectivity index (χ2n) is 8.41. The number of fused-ring (bicyclic) bond motifs is 1. The van der Waals surface area contributed by atoms with Crippen LogP contribution in [0.3, 0.4) is 0 Å². The molecule has 0 amide bonds. The van der Waals surface area contributed by atoms with Gasteiger partial charge in [0.2, 0.25) is 10.0 Å². The van der Waals surface area contributed by atoms with E-state index in [4.69, 9.17) is 11.6 Å². The summed E-state index contributed by atoms with van der Waals surface area (Å²) in [6.45, 7) is 0.999. The molecule has 3 atom stereocenters. The maximum atomic E-state index is 13.3. The predicted molar refractivity (Wildman–Crippen MR) is 119 cm³/mol. The summed E-state index contributed by atoms with van der Waals surface area (Å²) in [5.74, 6) is 0.552. The third-order valence-electron chi connectivity index (χ3n) is 6.88. The Morgan fingerprint density at radius 1 is 1.03 bits per heavy atom. The Morgan fingerprint density at radius 2 is 1.69 bits per heavy atom. The van der Waals surface area contributed by atoms with Crippen molar-refractivity contribution in [3.63, 3.8) is 0 Å². The van der Waals surface area contributed by atoms with Crippen LogP contribution in [0.2, 0.25) is 0 Å². The Morgan fingerprint density at radius 3 is 2.34 bits per heavy atom. The fourth-order valence-electron chi connectivity index (χ4n) is 5.43. The zero-order chi connectivity index (χ0) is 20.2. The molecule has 3 aliphatic rings. The molecule has 1 saturated heterocycles. The van der Waals surface area contributed by atoms with Gasteiger partial charge in [-0.15, -0.1) is 0 Å². The lowest BCUT2D eigenvalue weighted by atomic mass is 9.95. The minimum absolute atomic E-state index is 0.246. The van der Waals surface area contributed by atoms with E-state index in [0.29, 0.717) is 23.9 Å². The van der Waals surface area contributed by atoms with Gasteiger partial charge in [0.25, 0.3) is 0 Å². The number of hydrogen-bond donors (Lipinski definition) is 0. The number of piperidine rings is 1. The van der Waals surface area contributed by atoms with Crippen molar-refractivity contribution in [2.75, 3.05) is 13.1 Å². The van der Waals surface area contributed by atoms with Gasteiger partial charge in [0.15, 0.2) is 0 Å². The number of sulfonamides is 1. The Hall–Kier alpha value is -1.14. The van der Waals surface area contributed by atoms with Crippen LogP contribution in [-0.2, 0) is 10.0 Å². The monoisotopic (exact) mass is 491 g/mol. The number of allylic oxidation sites excluding steroid dienone is 1. The first-order chi connectivity index (χ1) is 13.9. The number of halogens is 2. The molecule has 0 unspecified atom stereocenters. The van der Waals surface area contributed by atoms with Gasteiger partial charge in [-0.3, -0.25) is 0 Å². The standard InChI is InChI=1S/C23H23BrClNO2S/c24-18-10-12-19(13-11-18)29(27,28)26-14-20-21(16-6-2-1-3-7-16)23(20,15-26)22(25)17-8-4-5-9-17/h1-3,6-7,10-13,20-21H,4-5,8-9,14-15H2/t20-,21-,23+/m0/s1. The van der Waals surface area contributed by atoms with E-state index < -0.39 is 10.0 Å². The highest BCUT2D eigenvalue weighted by Gasteiger charge is 2.72. The van der Waals surface area contributed by atoms with Crippen molar-refractivity contribution >= 4 is 37.6 Å². The number of benzene rings is 2. The average molecular weight is 493 g/mol. The SMILES string of the molecule is O=S(=O)(c1ccc(Br)cc1)N1C[C@H]2[C@H](c3ccccc3)[C@@]2(C(Cl)=C2CCCC2)C1. The summed E-state index contributed by atoms with van der Waals surface area (Å²) in [6, 6.07) is 17.3. The predicted octanol–water partition coefficient (Wildman–Crippen LogP) is 5.92. The van der Waals surface area contributed by atoms with E-state index in [-0.39, 0.29) is 11.3 Å². The van der Waals surface area contributed by atoms with Crippen molar-refractivity contribution in [3.8, 4) is 0 Å². The van der Waals surface area contributed by atoms with E-state index in [1.165, 1.54) is 24.0 Å². The van der Waals surface area contributed by atoms with E-state index in [0.717, 1.165) is 22.3 Å². The zero-order valence-electron chi connectivity index (χ0n) is 16.0. The maximum Gasteiger partial charge on any atom is 0.243 e. The van der Waals surface area contributed by atoms with E-state index in [2.05, 4.69) is 40.2 Å². The molecule has 0 aromatic heterocycles. The van der Waals surface area contributed by atoms with Crippen LogP contribution in [0.5, 0.6) is 0 Å². The highest BCUT2D eigenvalue weighted by molar-refractivity contribution is 9.10. The normalized spacial score (nSPS) is 29.1. The van der Waals surface area contributed by atoms with Crippen molar-refractivity contribution in [2.45, 2.75) is 36.5 Å². The highest BCUT2D eigenvalue weighted by atomic mass is 79.9. The van der Waals surface area contributed by atoms with Gasteiger partial charge in [-0.25, -0.2) is 8.42 Å². The van der Waals surface area contributed by atoms with Crippen LogP contribution < -0.4 is 0 Å². The van der Waals surface area contributed by atoms with Crippen LogP contribution in [0.15, 0.2) is 74.6 Å². The Kier molecular flexibility index (Phi) is 4.93. The molecule has 0 radical (unpaired) electrons. The van der Waals surface area contributed by atoms with Gasteiger partial charge in [0.1, 0.15) is 0 Å². The van der Waals surface area contributed by atoms with Crippen molar-refractivity contribution in [2.24, 2.45) is 11.3 Å². The molecule has 2 aliphatic carbocycles. The van der Waals surface area contributed by atoms with Crippen molar-refractivity contribution in [1.29, 1.82) is 0 Å². The van der Waals surface area contributed by atoms with Crippen LogP contribution in [0.1, 0.15) is 37.2 Å². The molecule has 0 N–H and O–H groups in total. The molecule has 3 nitrogen and oxygen atoms in total. The fourth-order valence-corrected chi connectivity index (χ4v) is 7.72. The van der Waals surface area contributed by atoms with E-state index in [9.17, 15) is 8.42 Å². The molecule has 0 spiro atoms. The summed E-state index contributed by atoms with van der Waals surface area (Å²) in [7, 11) is -3.53. The van der Waals surface area contributed by atoms with Gasteiger partial charge in [0, 0.05) is 33.9 Å². The number of rotatable bonds is 4. The van der Waals surface area contributed by atoms with Crippen LogP contribution in [0.4, 0.5) is 0 Å². The summed E-state index contributed by atoms with van der Waals surface area (Å²) >= 11 is 10.4. The first kappa shape index (κ1) is 19.8. The molecule has 3 fully saturated rings. The quantitative estimate of drug-likeness (QED) is 0.531. The van der Waals surface area contributed by atoms with Gasteiger partial charge in [-0.05, 0) is 61.4 Å². The maximum absolute atomic E-state index is 13.3. The molecule has 0 bridgehead atoms. The largest absolute Gasteiger partial charge is 0.243 e. The Bertz CT molecular complexity index is 1060. The smallest absolute Gasteiger partial charge is 0.207 e. The fraction of sp³-hybridized carbons (Fsp3) is 0.391. The lowest BCUT2D eigenvalue weighted by Crippen LogP contribution is -2.33. The molecule has 1 aliphatic heterocycles. The summed E-state index contributed by atoms with van der Waals surface area (Å²) in [4.78, 5) is 0.345. The lowest BCUT2D eigenvalue weighted by molar-refractivity contribution is 0.411. The molecular weight excluding hydrogens is 470 g/mol. The zero-order valence-corrected chi connectivity index (χ0v) is 19.2. The van der Waals surface area contributed by atoms with E-state index in [1.807, 2.05) is 6.07 Å². The third kappa shape index (κ3) is 3.13. The summed E-state index contributed by atoms with van der Waals surface area (Å²) in [5.41, 5.74) is 2.36. The Labute approximate surface area is 185 Å². The first-order valence-corrected chi connectivity index (χ1v) is 12.7. The van der Waals surface area contributed by atoms with Gasteiger partial charge >= 0.3 is 0 Å². The van der Waals surface area contributed by atoms with Crippen molar-refractivity contribution in [3.05, 3.63) is 75.2 Å². The van der Waals surface area contributed by atoms with Crippen LogP contribution in [0.25, 0.3) is 0 Å². The van der Waals surface area contributed by atoms with Crippen LogP contribution in [0, 0.1) is 11.3 Å². The molecule has 1 heterocycles. The summed E-state index contributed by atoms with van der Waals surface area (Å²) in [6.07, 6.45) is 4.47. The molecule has 6 heteroatoms. The second-order valence-corrected chi connectivity index (χ2v) is 11.6. The van der Waals surface area contributed by atoms with Gasteiger partial charge in [0.05, 0.1) is 4.90 Å². The number of hydrogen-bond acceptors (Lipinski definition) is 2. The third-order valence-corrected chi connectivity index (χ3v) is 9.86. The molecular formula is C23H23BrClNO2S. The summed E-state index contributed by atoms with van der Waals surface area (Å²) < 4.78 is 29.1. The van der Waals surface area contributed by atoms with Crippen LogP contribution in [-0.4, -0.2) is 25.8 Å². The molecule has 29 heavy (non-hydrogen) atoms. The van der Waals surface area contributed by atoms with Crippen molar-refractivity contribution in [1.82, 2.24) is 4.31 Å². The lowest BCUT2D eigenvalue weighted by Gasteiger charge is -2.24. The minimum atomic E-state index is -3.53. The van der Waals surface area contributed by atoms with Crippen LogP contribution >= 0.6 is 27.5 Å². The molecule has 2 aromatic carbocycles. The highest BCUT2D eigenvalue weighted by Crippen LogP contribution is 2.74. The Balaban J connectivity index is 1.51. The first-order valence-electron chi connectivity index (χ1n) is 10.1. The molecule has 2 saturated carbocycles. The molecule has 5 rings (SSSR count). The topological polar surface area (TPSA) is 37.4 Å². The van der Waals surface area contributed by atoms with E-state index >= 15 is 0 Å². The minimum Gasteiger partial charge on any atom is -0.207 e. The number of nitrogens with zero attached hydrogens (tertiary/aromatic N) is 1. The summed E-state index contributed by atoms with van der Waals surface area (Å²) in [5, 5.41) is 0.947. The average Bonchev–Trinajstić information content (AvgIpc) is 3.12. The molecule has 2 aromatic rings. The van der Waals surface area contributed by atoms with Crippen molar-refractivity contribution < 1.29 is 8.42 Å². The van der Waals surface area contributed by atoms with Gasteiger partial charge < -0.3 is 0 Å². The van der Waals surface area contributed by atoms with Gasteiger partial charge in [-0.1, -0.05) is 63.4 Å². The van der Waals surface area contributed by atoms with Gasteiger partial charge in [-0.2, -0.15) is 4.31 Å².